The molecule has 0 radical (unpaired) electrons. The number of hydrogen-bond acceptors (Lipinski definition) is 3. The molecule has 2 heterocycles. The minimum absolute atomic E-state index is 0.273. The number of hydrogen-bond donors (Lipinski definition) is 2. The van der Waals surface area contributed by atoms with E-state index in [4.69, 9.17) is 9.52 Å². The van der Waals surface area contributed by atoms with E-state index in [9.17, 15) is 9.59 Å². The molecular formula is C12H16N2O4. The van der Waals surface area contributed by atoms with E-state index >= 15 is 0 Å². The highest BCUT2D eigenvalue weighted by Crippen LogP contribution is 2.17. The molecule has 0 saturated carbocycles. The van der Waals surface area contributed by atoms with Gasteiger partial charge in [0, 0.05) is 6.54 Å². The number of aliphatic carboxylic acids is 1. The summed E-state index contributed by atoms with van der Waals surface area (Å²) in [6, 6.07) is 2.54. The molecule has 2 amide bonds. The summed E-state index contributed by atoms with van der Waals surface area (Å²) in [6.45, 7) is 2.59. The number of urea groups is 1. The minimum atomic E-state index is -0.948. The van der Waals surface area contributed by atoms with Crippen molar-refractivity contribution in [3.63, 3.8) is 0 Å². The first kappa shape index (κ1) is 12.5. The molecule has 1 aromatic heterocycles. The number of nitrogens with zero attached hydrogens (tertiary/aromatic N) is 1. The van der Waals surface area contributed by atoms with Crippen LogP contribution in [0.25, 0.3) is 0 Å². The Morgan fingerprint density at radius 3 is 2.94 bits per heavy atom. The van der Waals surface area contributed by atoms with Gasteiger partial charge in [0.05, 0.1) is 6.54 Å². The van der Waals surface area contributed by atoms with Crippen molar-refractivity contribution < 1.29 is 19.1 Å². The van der Waals surface area contributed by atoms with Crippen molar-refractivity contribution in [3.05, 3.63) is 23.7 Å². The zero-order valence-corrected chi connectivity index (χ0v) is 10.2. The number of carbonyl (C=O) groups excluding carboxylic acids is 1. The van der Waals surface area contributed by atoms with E-state index in [1.54, 1.807) is 6.07 Å². The van der Waals surface area contributed by atoms with Crippen molar-refractivity contribution in [1.29, 1.82) is 0 Å². The zero-order chi connectivity index (χ0) is 13.1. The standard InChI is InChI=1S/C12H16N2O4/c1-8-4-5-9(18-8)7-13-12(17)14-6-2-3-10(14)11(15)16/h4-5,10H,2-3,6-7H2,1H3,(H,13,17)(H,15,16)/t10-/m0/s1. The lowest BCUT2D eigenvalue weighted by atomic mass is 10.2. The van der Waals surface area contributed by atoms with Gasteiger partial charge in [-0.2, -0.15) is 0 Å². The molecule has 0 unspecified atom stereocenters. The number of rotatable bonds is 3. The van der Waals surface area contributed by atoms with Crippen molar-refractivity contribution in [2.75, 3.05) is 6.54 Å². The fourth-order valence-electron chi connectivity index (χ4n) is 2.11. The van der Waals surface area contributed by atoms with Crippen LogP contribution >= 0.6 is 0 Å². The van der Waals surface area contributed by atoms with E-state index in [-0.39, 0.29) is 12.6 Å². The molecule has 18 heavy (non-hydrogen) atoms. The van der Waals surface area contributed by atoms with Crippen LogP contribution in [0.3, 0.4) is 0 Å². The number of amides is 2. The summed E-state index contributed by atoms with van der Waals surface area (Å²) in [6.07, 6.45) is 1.24. The van der Waals surface area contributed by atoms with Crippen molar-refractivity contribution in [3.8, 4) is 0 Å². The number of carboxylic acid groups (broad SMARTS) is 1. The van der Waals surface area contributed by atoms with Crippen LogP contribution in [0.4, 0.5) is 4.79 Å². The Labute approximate surface area is 105 Å². The molecule has 1 aliphatic rings. The third-order valence-corrected chi connectivity index (χ3v) is 3.01. The van der Waals surface area contributed by atoms with Crippen molar-refractivity contribution in [2.24, 2.45) is 0 Å². The number of nitrogens with one attached hydrogen (secondary N) is 1. The minimum Gasteiger partial charge on any atom is -0.480 e. The van der Waals surface area contributed by atoms with Gasteiger partial charge in [-0.3, -0.25) is 0 Å². The topological polar surface area (TPSA) is 82.8 Å². The Kier molecular flexibility index (Phi) is 3.55. The van der Waals surface area contributed by atoms with Crippen LogP contribution in [0.2, 0.25) is 0 Å². The van der Waals surface area contributed by atoms with Gasteiger partial charge in [0.15, 0.2) is 0 Å². The Morgan fingerprint density at radius 2 is 2.33 bits per heavy atom. The zero-order valence-electron chi connectivity index (χ0n) is 10.2. The maximum atomic E-state index is 11.9. The van der Waals surface area contributed by atoms with Gasteiger partial charge in [-0.05, 0) is 31.9 Å². The van der Waals surface area contributed by atoms with E-state index in [1.165, 1.54) is 4.90 Å². The van der Waals surface area contributed by atoms with Gasteiger partial charge in [0.2, 0.25) is 0 Å². The summed E-state index contributed by atoms with van der Waals surface area (Å²) in [4.78, 5) is 24.2. The third-order valence-electron chi connectivity index (χ3n) is 3.01. The highest BCUT2D eigenvalue weighted by molar-refractivity contribution is 5.83. The first-order valence-electron chi connectivity index (χ1n) is 5.90. The number of aryl methyl sites for hydroxylation is 1. The van der Waals surface area contributed by atoms with E-state index in [0.29, 0.717) is 18.7 Å². The van der Waals surface area contributed by atoms with Crippen LogP contribution < -0.4 is 5.32 Å². The molecule has 1 aliphatic heterocycles. The van der Waals surface area contributed by atoms with Crippen LogP contribution in [-0.4, -0.2) is 34.6 Å². The summed E-state index contributed by atoms with van der Waals surface area (Å²) in [5.41, 5.74) is 0. The Bertz CT molecular complexity index is 455. The van der Waals surface area contributed by atoms with Crippen molar-refractivity contribution in [1.82, 2.24) is 10.2 Å². The Hall–Kier alpha value is -1.98. The molecular weight excluding hydrogens is 236 g/mol. The van der Waals surface area contributed by atoms with E-state index in [1.807, 2.05) is 13.0 Å². The van der Waals surface area contributed by atoms with E-state index < -0.39 is 12.0 Å². The van der Waals surface area contributed by atoms with Gasteiger partial charge in [-0.15, -0.1) is 0 Å². The second kappa shape index (κ2) is 5.12. The average molecular weight is 252 g/mol. The second-order valence-corrected chi connectivity index (χ2v) is 4.36. The van der Waals surface area contributed by atoms with Crippen LogP contribution in [0, 0.1) is 6.92 Å². The molecule has 98 valence electrons. The molecule has 0 spiro atoms. The van der Waals surface area contributed by atoms with Gasteiger partial charge in [0.1, 0.15) is 17.6 Å². The monoisotopic (exact) mass is 252 g/mol. The number of furan rings is 1. The smallest absolute Gasteiger partial charge is 0.326 e. The molecule has 0 bridgehead atoms. The molecule has 1 saturated heterocycles. The van der Waals surface area contributed by atoms with Crippen LogP contribution in [0.5, 0.6) is 0 Å². The largest absolute Gasteiger partial charge is 0.480 e. The van der Waals surface area contributed by atoms with Gasteiger partial charge in [-0.1, -0.05) is 0 Å². The maximum absolute atomic E-state index is 11.9. The number of carboxylic acids is 1. The maximum Gasteiger partial charge on any atom is 0.326 e. The van der Waals surface area contributed by atoms with E-state index in [0.717, 1.165) is 12.2 Å². The van der Waals surface area contributed by atoms with Gasteiger partial charge < -0.3 is 19.7 Å². The Morgan fingerprint density at radius 1 is 1.56 bits per heavy atom. The second-order valence-electron chi connectivity index (χ2n) is 4.36. The predicted octanol–water partition coefficient (Wildman–Crippen LogP) is 1.35. The molecule has 1 fully saturated rings. The highest BCUT2D eigenvalue weighted by Gasteiger charge is 2.33. The first-order chi connectivity index (χ1) is 8.58. The quantitative estimate of drug-likeness (QED) is 0.850. The van der Waals surface area contributed by atoms with Crippen LogP contribution in [-0.2, 0) is 11.3 Å². The highest BCUT2D eigenvalue weighted by atomic mass is 16.4. The lowest BCUT2D eigenvalue weighted by molar-refractivity contribution is -0.141. The molecule has 1 aromatic rings. The van der Waals surface area contributed by atoms with Crippen LogP contribution in [0.15, 0.2) is 16.5 Å². The normalized spacial score (nSPS) is 18.9. The summed E-state index contributed by atoms with van der Waals surface area (Å²) in [7, 11) is 0. The van der Waals surface area contributed by atoms with Crippen molar-refractivity contribution in [2.45, 2.75) is 32.4 Å². The lowest BCUT2D eigenvalue weighted by Crippen LogP contribution is -2.45. The van der Waals surface area contributed by atoms with Crippen molar-refractivity contribution >= 4 is 12.0 Å². The fourth-order valence-corrected chi connectivity index (χ4v) is 2.11. The fraction of sp³-hybridized carbons (Fsp3) is 0.500. The summed E-state index contributed by atoms with van der Waals surface area (Å²) >= 11 is 0. The lowest BCUT2D eigenvalue weighted by Gasteiger charge is -2.21. The van der Waals surface area contributed by atoms with Gasteiger partial charge in [0.25, 0.3) is 0 Å². The molecule has 0 aromatic carbocycles. The molecule has 6 nitrogen and oxygen atoms in total. The molecule has 0 aliphatic carbocycles. The third kappa shape index (κ3) is 2.64. The number of likely N-dealkylation sites (tertiary alicyclic amines) is 1. The molecule has 6 heteroatoms. The van der Waals surface area contributed by atoms with Gasteiger partial charge >= 0.3 is 12.0 Å². The molecule has 1 atom stereocenters. The summed E-state index contributed by atoms with van der Waals surface area (Å²) < 4.78 is 5.32. The van der Waals surface area contributed by atoms with Crippen LogP contribution in [0.1, 0.15) is 24.4 Å². The summed E-state index contributed by atoms with van der Waals surface area (Å²) in [5, 5.41) is 11.6. The molecule has 2 rings (SSSR count). The van der Waals surface area contributed by atoms with Gasteiger partial charge in [-0.25, -0.2) is 9.59 Å². The molecule has 2 N–H and O–H groups in total. The SMILES string of the molecule is Cc1ccc(CNC(=O)N2CCC[C@H]2C(=O)O)o1. The predicted molar refractivity (Wildman–Crippen MR) is 63.0 cm³/mol. The average Bonchev–Trinajstić information content (AvgIpc) is 2.94. The summed E-state index contributed by atoms with van der Waals surface area (Å²) in [5.74, 6) is 0.493. The first-order valence-corrected chi connectivity index (χ1v) is 5.90. The van der Waals surface area contributed by atoms with E-state index in [2.05, 4.69) is 5.32 Å². The Balaban J connectivity index is 1.89. The number of carbonyl (C=O) groups is 2.